The van der Waals surface area contributed by atoms with Crippen LogP contribution < -0.4 is 0 Å². The van der Waals surface area contributed by atoms with Crippen molar-refractivity contribution in [2.45, 2.75) is 0 Å². The first-order valence-corrected chi connectivity index (χ1v) is 12.1. The van der Waals surface area contributed by atoms with Crippen molar-refractivity contribution in [2.75, 3.05) is 0 Å². The molecule has 7 rings (SSSR count). The maximum atomic E-state index is 9.93. The first-order chi connectivity index (χ1) is 16.8. The molecule has 3 heteroatoms. The van der Waals surface area contributed by atoms with E-state index >= 15 is 0 Å². The molecule has 2 aromatic heterocycles. The van der Waals surface area contributed by atoms with Gasteiger partial charge in [-0.15, -0.1) is 11.3 Å². The zero-order chi connectivity index (χ0) is 22.6. The summed E-state index contributed by atoms with van der Waals surface area (Å²) >= 11 is 1.82. The number of nitrogens with zero attached hydrogens (tertiary/aromatic N) is 2. The number of fused-ring (bicyclic) bond motifs is 6. The van der Waals surface area contributed by atoms with E-state index in [0.29, 0.717) is 5.56 Å². The minimum atomic E-state index is 0.660. The van der Waals surface area contributed by atoms with Crippen LogP contribution in [0.5, 0.6) is 0 Å². The molecule has 0 N–H and O–H groups in total. The smallest absolute Gasteiger partial charge is 0.0992 e. The Morgan fingerprint density at radius 2 is 1.26 bits per heavy atom. The van der Waals surface area contributed by atoms with Gasteiger partial charge in [0.1, 0.15) is 0 Å². The van der Waals surface area contributed by atoms with Crippen LogP contribution in [0.25, 0.3) is 58.8 Å². The topological polar surface area (TPSA) is 28.7 Å². The maximum Gasteiger partial charge on any atom is 0.0992 e. The van der Waals surface area contributed by atoms with Gasteiger partial charge in [0.05, 0.1) is 22.7 Å². The SMILES string of the molecule is N#Cc1cc(-c2cccc3c2sc2ccccc23)cc(-n2c3ccccc3c3ccccc32)c1. The fourth-order valence-electron chi connectivity index (χ4n) is 5.14. The third kappa shape index (κ3) is 2.73. The molecular weight excluding hydrogens is 432 g/mol. The Labute approximate surface area is 200 Å². The lowest BCUT2D eigenvalue weighted by atomic mass is 10.00. The van der Waals surface area contributed by atoms with Crippen LogP contribution >= 0.6 is 11.3 Å². The molecule has 34 heavy (non-hydrogen) atoms. The zero-order valence-electron chi connectivity index (χ0n) is 18.2. The van der Waals surface area contributed by atoms with E-state index < -0.39 is 0 Å². The van der Waals surface area contributed by atoms with E-state index in [4.69, 9.17) is 0 Å². The lowest BCUT2D eigenvalue weighted by molar-refractivity contribution is 1.18. The molecule has 0 amide bonds. The summed E-state index contributed by atoms with van der Waals surface area (Å²) in [6.45, 7) is 0. The van der Waals surface area contributed by atoms with Crippen molar-refractivity contribution >= 4 is 53.3 Å². The molecule has 0 atom stereocenters. The highest BCUT2D eigenvalue weighted by atomic mass is 32.1. The van der Waals surface area contributed by atoms with E-state index in [2.05, 4.69) is 108 Å². The molecule has 0 radical (unpaired) electrons. The first kappa shape index (κ1) is 19.1. The van der Waals surface area contributed by atoms with Gasteiger partial charge in [-0.1, -0.05) is 72.8 Å². The number of rotatable bonds is 2. The van der Waals surface area contributed by atoms with E-state index in [0.717, 1.165) is 27.8 Å². The van der Waals surface area contributed by atoms with Crippen LogP contribution in [0.4, 0.5) is 0 Å². The third-order valence-electron chi connectivity index (χ3n) is 6.60. The van der Waals surface area contributed by atoms with Crippen molar-refractivity contribution in [1.82, 2.24) is 4.57 Å². The molecule has 0 aliphatic rings. The Kier molecular flexibility index (Phi) is 4.11. The average molecular weight is 451 g/mol. The van der Waals surface area contributed by atoms with Crippen LogP contribution in [0.3, 0.4) is 0 Å². The molecule has 0 saturated heterocycles. The van der Waals surface area contributed by atoms with E-state index in [9.17, 15) is 5.26 Å². The summed E-state index contributed by atoms with van der Waals surface area (Å²) in [5.41, 5.74) is 6.18. The summed E-state index contributed by atoms with van der Waals surface area (Å²) in [6.07, 6.45) is 0. The Morgan fingerprint density at radius 1 is 0.618 bits per heavy atom. The van der Waals surface area contributed by atoms with Gasteiger partial charge in [-0.2, -0.15) is 5.26 Å². The molecule has 0 fully saturated rings. The largest absolute Gasteiger partial charge is 0.309 e. The van der Waals surface area contributed by atoms with Crippen LogP contribution in [0.15, 0.2) is 109 Å². The number of hydrogen-bond donors (Lipinski definition) is 0. The van der Waals surface area contributed by atoms with Crippen molar-refractivity contribution in [3.05, 3.63) is 115 Å². The molecule has 2 nitrogen and oxygen atoms in total. The monoisotopic (exact) mass is 450 g/mol. The van der Waals surface area contributed by atoms with E-state index in [1.807, 2.05) is 23.5 Å². The molecule has 0 spiro atoms. The maximum absolute atomic E-state index is 9.93. The van der Waals surface area contributed by atoms with E-state index in [-0.39, 0.29) is 0 Å². The second-order valence-electron chi connectivity index (χ2n) is 8.53. The van der Waals surface area contributed by atoms with Gasteiger partial charge in [-0.05, 0) is 47.5 Å². The molecule has 7 aromatic rings. The summed E-state index contributed by atoms with van der Waals surface area (Å²) in [5, 5.41) is 14.9. The van der Waals surface area contributed by atoms with Gasteiger partial charge in [0.15, 0.2) is 0 Å². The van der Waals surface area contributed by atoms with Crippen LogP contribution in [-0.2, 0) is 0 Å². The Hall–Kier alpha value is -4.39. The van der Waals surface area contributed by atoms with Gasteiger partial charge in [-0.25, -0.2) is 0 Å². The molecule has 0 saturated carbocycles. The first-order valence-electron chi connectivity index (χ1n) is 11.3. The zero-order valence-corrected chi connectivity index (χ0v) is 19.0. The van der Waals surface area contributed by atoms with Crippen LogP contribution in [-0.4, -0.2) is 4.57 Å². The van der Waals surface area contributed by atoms with Crippen LogP contribution in [0.1, 0.15) is 5.56 Å². The van der Waals surface area contributed by atoms with Crippen molar-refractivity contribution < 1.29 is 0 Å². The Balaban J connectivity index is 1.55. The number of hydrogen-bond acceptors (Lipinski definition) is 2. The van der Waals surface area contributed by atoms with Gasteiger partial charge in [0.25, 0.3) is 0 Å². The van der Waals surface area contributed by atoms with Crippen LogP contribution in [0, 0.1) is 11.3 Å². The standard InChI is InChI=1S/C31H18N2S/c32-19-20-16-21(23-11-7-12-27-26-10-3-6-15-30(26)34-31(23)27)18-22(17-20)33-28-13-4-1-8-24(28)25-9-2-5-14-29(25)33/h1-18H. The highest BCUT2D eigenvalue weighted by Crippen LogP contribution is 2.41. The lowest BCUT2D eigenvalue weighted by Gasteiger charge is -2.12. The predicted octanol–water partition coefficient (Wildman–Crippen LogP) is 8.69. The van der Waals surface area contributed by atoms with Gasteiger partial charge in [0, 0.05) is 36.6 Å². The third-order valence-corrected chi connectivity index (χ3v) is 7.82. The number of para-hydroxylation sites is 2. The molecule has 2 heterocycles. The molecule has 158 valence electrons. The second kappa shape index (κ2) is 7.31. The summed E-state index contributed by atoms with van der Waals surface area (Å²) in [7, 11) is 0. The second-order valence-corrected chi connectivity index (χ2v) is 9.58. The molecular formula is C31H18N2S. The number of aromatic nitrogens is 1. The highest BCUT2D eigenvalue weighted by molar-refractivity contribution is 7.26. The van der Waals surface area contributed by atoms with Gasteiger partial charge in [0.2, 0.25) is 0 Å². The molecule has 0 unspecified atom stereocenters. The summed E-state index contributed by atoms with van der Waals surface area (Å²) < 4.78 is 4.82. The van der Waals surface area contributed by atoms with Gasteiger partial charge < -0.3 is 4.57 Å². The fourth-order valence-corrected chi connectivity index (χ4v) is 6.37. The predicted molar refractivity (Wildman–Crippen MR) is 144 cm³/mol. The minimum absolute atomic E-state index is 0.660. The quantitative estimate of drug-likeness (QED) is 0.259. The van der Waals surface area contributed by atoms with Crippen molar-refractivity contribution in [3.63, 3.8) is 0 Å². The Morgan fingerprint density at radius 3 is 2.00 bits per heavy atom. The summed E-state index contributed by atoms with van der Waals surface area (Å²) in [6, 6.07) is 40.6. The molecule has 5 aromatic carbocycles. The normalized spacial score (nSPS) is 11.5. The van der Waals surface area contributed by atoms with Crippen LogP contribution in [0.2, 0.25) is 0 Å². The van der Waals surface area contributed by atoms with Crippen molar-refractivity contribution in [3.8, 4) is 22.9 Å². The van der Waals surface area contributed by atoms with E-state index in [1.54, 1.807) is 0 Å². The minimum Gasteiger partial charge on any atom is -0.309 e. The molecule has 0 bridgehead atoms. The van der Waals surface area contributed by atoms with Gasteiger partial charge >= 0.3 is 0 Å². The average Bonchev–Trinajstić information content (AvgIpc) is 3.44. The molecule has 0 aliphatic heterocycles. The van der Waals surface area contributed by atoms with Crippen molar-refractivity contribution in [2.24, 2.45) is 0 Å². The van der Waals surface area contributed by atoms with Gasteiger partial charge in [-0.3, -0.25) is 0 Å². The van der Waals surface area contributed by atoms with E-state index in [1.165, 1.54) is 30.9 Å². The number of nitriles is 1. The highest BCUT2D eigenvalue weighted by Gasteiger charge is 2.15. The molecule has 0 aliphatic carbocycles. The van der Waals surface area contributed by atoms with Crippen molar-refractivity contribution in [1.29, 1.82) is 5.26 Å². The number of thiophene rings is 1. The number of benzene rings is 5. The summed E-state index contributed by atoms with van der Waals surface area (Å²) in [5.74, 6) is 0. The summed E-state index contributed by atoms with van der Waals surface area (Å²) in [4.78, 5) is 0. The lowest BCUT2D eigenvalue weighted by Crippen LogP contribution is -1.96. The Bertz CT molecular complexity index is 1880. The fraction of sp³-hybridized carbons (Fsp3) is 0.